The van der Waals surface area contributed by atoms with Crippen molar-refractivity contribution < 1.29 is 9.53 Å². The highest BCUT2D eigenvalue weighted by molar-refractivity contribution is 6.17. The van der Waals surface area contributed by atoms with Gasteiger partial charge in [-0.2, -0.15) is 0 Å². The number of carbonyl (C=O) groups is 1. The minimum Gasteiger partial charge on any atom is -0.464 e. The predicted octanol–water partition coefficient (Wildman–Crippen LogP) is 1.61. The van der Waals surface area contributed by atoms with E-state index in [9.17, 15) is 4.79 Å². The molecule has 0 aliphatic heterocycles. The van der Waals surface area contributed by atoms with Crippen LogP contribution in [0.5, 0.6) is 0 Å². The van der Waals surface area contributed by atoms with Crippen LogP contribution < -0.4 is 0 Å². The van der Waals surface area contributed by atoms with Crippen LogP contribution in [-0.4, -0.2) is 18.1 Å². The van der Waals surface area contributed by atoms with E-state index in [2.05, 4.69) is 9.72 Å². The molecule has 1 aromatic heterocycles. The van der Waals surface area contributed by atoms with Crippen LogP contribution in [0, 0.1) is 0 Å². The van der Waals surface area contributed by atoms with Crippen molar-refractivity contribution in [3.63, 3.8) is 0 Å². The van der Waals surface area contributed by atoms with Crippen LogP contribution >= 0.6 is 11.6 Å². The minimum atomic E-state index is -0.443. The zero-order valence-electron chi connectivity index (χ0n) is 6.58. The first kappa shape index (κ1) is 9.00. The summed E-state index contributed by atoms with van der Waals surface area (Å²) in [5.41, 5.74) is 1.14. The lowest BCUT2D eigenvalue weighted by atomic mass is 10.2. The number of aromatic nitrogens is 1. The van der Waals surface area contributed by atoms with Crippen LogP contribution in [0.25, 0.3) is 0 Å². The monoisotopic (exact) mass is 185 g/mol. The lowest BCUT2D eigenvalue weighted by Gasteiger charge is -1.98. The van der Waals surface area contributed by atoms with Gasteiger partial charge < -0.3 is 4.74 Å². The maximum Gasteiger partial charge on any atom is 0.356 e. The number of pyridine rings is 1. The third-order valence-corrected chi connectivity index (χ3v) is 1.68. The number of nitrogens with zero attached hydrogens (tertiary/aromatic N) is 1. The van der Waals surface area contributed by atoms with Crippen molar-refractivity contribution in [1.82, 2.24) is 4.98 Å². The number of halogens is 1. The molecule has 0 aliphatic rings. The Morgan fingerprint density at radius 2 is 2.50 bits per heavy atom. The predicted molar refractivity (Wildman–Crippen MR) is 45.1 cm³/mol. The first-order valence-electron chi connectivity index (χ1n) is 3.37. The van der Waals surface area contributed by atoms with Crippen molar-refractivity contribution in [2.75, 3.05) is 7.11 Å². The molecule has 0 atom stereocenters. The molecule has 0 saturated heterocycles. The lowest BCUT2D eigenvalue weighted by molar-refractivity contribution is 0.0594. The molecular formula is C8H8ClNO2. The summed E-state index contributed by atoms with van der Waals surface area (Å²) in [6.45, 7) is 0. The zero-order chi connectivity index (χ0) is 8.97. The number of carbonyl (C=O) groups excluding carboxylic acids is 1. The Hall–Kier alpha value is -1.09. The van der Waals surface area contributed by atoms with E-state index in [0.29, 0.717) is 5.88 Å². The second kappa shape index (κ2) is 4.07. The Kier molecular flexibility index (Phi) is 3.05. The third kappa shape index (κ3) is 1.95. The second-order valence-electron chi connectivity index (χ2n) is 2.17. The van der Waals surface area contributed by atoms with Gasteiger partial charge in [-0.05, 0) is 17.7 Å². The number of rotatable bonds is 2. The van der Waals surface area contributed by atoms with Gasteiger partial charge in [0.25, 0.3) is 0 Å². The quantitative estimate of drug-likeness (QED) is 0.519. The normalized spacial score (nSPS) is 9.50. The molecule has 0 spiro atoms. The molecule has 12 heavy (non-hydrogen) atoms. The number of esters is 1. The molecule has 0 radical (unpaired) electrons. The average molecular weight is 186 g/mol. The van der Waals surface area contributed by atoms with E-state index in [1.54, 1.807) is 12.1 Å². The molecule has 0 fully saturated rings. The van der Waals surface area contributed by atoms with Crippen LogP contribution in [0.1, 0.15) is 16.1 Å². The lowest BCUT2D eigenvalue weighted by Crippen LogP contribution is -2.04. The maximum absolute atomic E-state index is 11.0. The van der Waals surface area contributed by atoms with Gasteiger partial charge in [0.1, 0.15) is 5.69 Å². The van der Waals surface area contributed by atoms with E-state index in [-0.39, 0.29) is 5.69 Å². The molecule has 0 aliphatic carbocycles. The molecule has 1 aromatic rings. The summed E-state index contributed by atoms with van der Waals surface area (Å²) in [4.78, 5) is 14.8. The number of methoxy groups -OCH3 is 1. The van der Waals surface area contributed by atoms with E-state index in [0.717, 1.165) is 5.56 Å². The largest absolute Gasteiger partial charge is 0.464 e. The number of alkyl halides is 1. The summed E-state index contributed by atoms with van der Waals surface area (Å²) in [6, 6.07) is 3.36. The molecule has 3 nitrogen and oxygen atoms in total. The first-order valence-corrected chi connectivity index (χ1v) is 3.90. The molecule has 0 aromatic carbocycles. The molecule has 0 saturated carbocycles. The van der Waals surface area contributed by atoms with Crippen molar-refractivity contribution >= 4 is 17.6 Å². The van der Waals surface area contributed by atoms with Gasteiger partial charge in [0.15, 0.2) is 0 Å². The molecule has 0 unspecified atom stereocenters. The fourth-order valence-electron chi connectivity index (χ4n) is 0.774. The molecule has 1 heterocycles. The van der Waals surface area contributed by atoms with Gasteiger partial charge in [-0.15, -0.1) is 11.6 Å². The van der Waals surface area contributed by atoms with E-state index in [1.807, 2.05) is 0 Å². The van der Waals surface area contributed by atoms with Gasteiger partial charge in [-0.25, -0.2) is 9.78 Å². The topological polar surface area (TPSA) is 39.2 Å². The van der Waals surface area contributed by atoms with Gasteiger partial charge in [0, 0.05) is 12.1 Å². The molecule has 64 valence electrons. The van der Waals surface area contributed by atoms with Gasteiger partial charge in [0.2, 0.25) is 0 Å². The van der Waals surface area contributed by atoms with Crippen LogP contribution in [0.15, 0.2) is 18.3 Å². The summed E-state index contributed by atoms with van der Waals surface area (Å²) in [5, 5.41) is 0. The van der Waals surface area contributed by atoms with Crippen molar-refractivity contribution in [3.8, 4) is 0 Å². The highest BCUT2D eigenvalue weighted by Gasteiger charge is 2.06. The molecule has 0 bridgehead atoms. The Bertz CT molecular complexity index is 288. The number of hydrogen-bond acceptors (Lipinski definition) is 3. The fraction of sp³-hybridized carbons (Fsp3) is 0.250. The molecule has 1 rings (SSSR count). The van der Waals surface area contributed by atoms with Crippen molar-refractivity contribution in [2.24, 2.45) is 0 Å². The summed E-state index contributed by atoms with van der Waals surface area (Å²) in [7, 11) is 1.32. The number of ether oxygens (including phenoxy) is 1. The molecule has 0 N–H and O–H groups in total. The zero-order valence-corrected chi connectivity index (χ0v) is 7.34. The minimum absolute atomic E-state index is 0.288. The smallest absolute Gasteiger partial charge is 0.356 e. The van der Waals surface area contributed by atoms with E-state index in [4.69, 9.17) is 11.6 Å². The SMILES string of the molecule is COC(=O)c1cc(CCl)ccn1. The van der Waals surface area contributed by atoms with Crippen molar-refractivity contribution in [3.05, 3.63) is 29.6 Å². The van der Waals surface area contributed by atoms with E-state index < -0.39 is 5.97 Å². The molecule has 4 heteroatoms. The van der Waals surface area contributed by atoms with Crippen LogP contribution in [0.3, 0.4) is 0 Å². The van der Waals surface area contributed by atoms with E-state index >= 15 is 0 Å². The molecular weight excluding hydrogens is 178 g/mol. The third-order valence-electron chi connectivity index (χ3n) is 1.37. The van der Waals surface area contributed by atoms with Crippen molar-refractivity contribution in [1.29, 1.82) is 0 Å². The van der Waals surface area contributed by atoms with Gasteiger partial charge in [-0.1, -0.05) is 0 Å². The molecule has 0 amide bonds. The summed E-state index contributed by atoms with van der Waals surface area (Å²) < 4.78 is 4.49. The van der Waals surface area contributed by atoms with E-state index in [1.165, 1.54) is 13.3 Å². The van der Waals surface area contributed by atoms with Crippen LogP contribution in [0.2, 0.25) is 0 Å². The Morgan fingerprint density at radius 3 is 3.08 bits per heavy atom. The Labute approximate surface area is 75.3 Å². The highest BCUT2D eigenvalue weighted by atomic mass is 35.5. The number of hydrogen-bond donors (Lipinski definition) is 0. The highest BCUT2D eigenvalue weighted by Crippen LogP contribution is 2.05. The first-order chi connectivity index (χ1) is 5.77. The Balaban J connectivity index is 2.93. The average Bonchev–Trinajstić information content (AvgIpc) is 2.17. The van der Waals surface area contributed by atoms with Gasteiger partial charge in [-0.3, -0.25) is 0 Å². The Morgan fingerprint density at radius 1 is 1.75 bits per heavy atom. The van der Waals surface area contributed by atoms with Crippen LogP contribution in [-0.2, 0) is 10.6 Å². The summed E-state index contributed by atoms with van der Waals surface area (Å²) in [6.07, 6.45) is 1.53. The standard InChI is InChI=1S/C8H8ClNO2/c1-12-8(11)7-4-6(5-9)2-3-10-7/h2-4H,5H2,1H3. The fourth-order valence-corrected chi connectivity index (χ4v) is 0.940. The second-order valence-corrected chi connectivity index (χ2v) is 2.44. The summed E-state index contributed by atoms with van der Waals surface area (Å²) in [5.74, 6) is -0.0750. The van der Waals surface area contributed by atoms with Crippen LogP contribution in [0.4, 0.5) is 0 Å². The summed E-state index contributed by atoms with van der Waals surface area (Å²) >= 11 is 5.57. The van der Waals surface area contributed by atoms with Gasteiger partial charge in [0.05, 0.1) is 7.11 Å². The van der Waals surface area contributed by atoms with Gasteiger partial charge >= 0.3 is 5.97 Å². The maximum atomic E-state index is 11.0. The van der Waals surface area contributed by atoms with Crippen molar-refractivity contribution in [2.45, 2.75) is 5.88 Å².